The summed E-state index contributed by atoms with van der Waals surface area (Å²) in [6.07, 6.45) is 0.189. The number of nitrogens with two attached hydrogens (primary N) is 1. The van der Waals surface area contributed by atoms with Gasteiger partial charge in [-0.05, 0) is 12.1 Å². The van der Waals surface area contributed by atoms with Gasteiger partial charge in [0.15, 0.2) is 0 Å². The summed E-state index contributed by atoms with van der Waals surface area (Å²) >= 11 is 0. The lowest BCUT2D eigenvalue weighted by Gasteiger charge is -2.15. The van der Waals surface area contributed by atoms with E-state index >= 15 is 0 Å². The van der Waals surface area contributed by atoms with E-state index in [0.29, 0.717) is 24.5 Å². The quantitative estimate of drug-likeness (QED) is 0.839. The molecule has 0 fully saturated rings. The molecule has 1 unspecified atom stereocenters. The number of hydrogen-bond donors (Lipinski definition) is 2. The summed E-state index contributed by atoms with van der Waals surface area (Å²) < 4.78 is 5.45. The van der Waals surface area contributed by atoms with Gasteiger partial charge in [-0.25, -0.2) is 4.98 Å². The van der Waals surface area contributed by atoms with Gasteiger partial charge < -0.3 is 15.5 Å². The number of rotatable bonds is 5. The predicted octanol–water partition coefficient (Wildman–Crippen LogP) is 1.01. The molecule has 19 heavy (non-hydrogen) atoms. The second-order valence-electron chi connectivity index (χ2n) is 4.19. The normalized spacial score (nSPS) is 12.3. The zero-order chi connectivity index (χ0) is 13.7. The zero-order valence-electron chi connectivity index (χ0n) is 10.8. The summed E-state index contributed by atoms with van der Waals surface area (Å²) in [7, 11) is 1.59. The fraction of sp³-hybridized carbons (Fsp3) is 0.286. The minimum Gasteiger partial charge on any atom is -0.369 e. The number of aromatic amines is 1. The number of nitrogens with zero attached hydrogens (tertiary/aromatic N) is 1. The first kappa shape index (κ1) is 13.5. The first-order chi connectivity index (χ1) is 9.24. The maximum atomic E-state index is 11.6. The molecule has 5 heteroatoms. The van der Waals surface area contributed by atoms with Gasteiger partial charge in [0.25, 0.3) is 5.56 Å². The van der Waals surface area contributed by atoms with Crippen LogP contribution in [0.15, 0.2) is 41.2 Å². The van der Waals surface area contributed by atoms with Crippen LogP contribution in [0.1, 0.15) is 23.2 Å². The van der Waals surface area contributed by atoms with Gasteiger partial charge in [-0.1, -0.05) is 30.3 Å². The lowest BCUT2D eigenvalue weighted by Crippen LogP contribution is -2.18. The van der Waals surface area contributed by atoms with E-state index in [1.807, 2.05) is 30.3 Å². The number of H-pyrrole nitrogens is 1. The average molecular weight is 259 g/mol. The molecule has 0 bridgehead atoms. The number of nitrogens with one attached hydrogen (secondary N) is 1. The van der Waals surface area contributed by atoms with Crippen molar-refractivity contribution in [2.75, 3.05) is 13.7 Å². The van der Waals surface area contributed by atoms with Crippen LogP contribution in [-0.4, -0.2) is 23.6 Å². The van der Waals surface area contributed by atoms with E-state index in [2.05, 4.69) is 9.97 Å². The summed E-state index contributed by atoms with van der Waals surface area (Å²) in [5.74, 6) is 0.504. The topological polar surface area (TPSA) is 81.0 Å². The Morgan fingerprint density at radius 3 is 2.74 bits per heavy atom. The average Bonchev–Trinajstić information content (AvgIpc) is 2.40. The second kappa shape index (κ2) is 6.26. The first-order valence-electron chi connectivity index (χ1n) is 6.12. The van der Waals surface area contributed by atoms with Crippen molar-refractivity contribution in [2.24, 2.45) is 5.73 Å². The largest absolute Gasteiger partial charge is 0.369 e. The van der Waals surface area contributed by atoms with Crippen LogP contribution in [0.25, 0.3) is 0 Å². The number of ether oxygens (including phenoxy) is 1. The van der Waals surface area contributed by atoms with Gasteiger partial charge in [0.1, 0.15) is 11.9 Å². The van der Waals surface area contributed by atoms with Crippen molar-refractivity contribution in [3.05, 3.63) is 63.8 Å². The Kier molecular flexibility index (Phi) is 4.43. The summed E-state index contributed by atoms with van der Waals surface area (Å²) in [5, 5.41) is 0. The fourth-order valence-corrected chi connectivity index (χ4v) is 1.96. The Morgan fingerprint density at radius 2 is 2.11 bits per heavy atom. The Bertz CT molecular complexity index is 581. The molecule has 0 aliphatic heterocycles. The van der Waals surface area contributed by atoms with Gasteiger partial charge in [-0.2, -0.15) is 0 Å². The van der Waals surface area contributed by atoms with E-state index in [0.717, 1.165) is 5.56 Å². The molecule has 0 radical (unpaired) electrons. The van der Waals surface area contributed by atoms with Gasteiger partial charge >= 0.3 is 0 Å². The molecule has 1 atom stereocenters. The third-order valence-electron chi connectivity index (χ3n) is 2.80. The molecule has 0 saturated carbocycles. The summed E-state index contributed by atoms with van der Waals surface area (Å²) in [4.78, 5) is 18.8. The van der Waals surface area contributed by atoms with E-state index in [4.69, 9.17) is 10.5 Å². The molecule has 2 aromatic rings. The van der Waals surface area contributed by atoms with Crippen molar-refractivity contribution in [1.29, 1.82) is 0 Å². The van der Waals surface area contributed by atoms with Crippen LogP contribution in [0.5, 0.6) is 0 Å². The Labute approximate surface area is 111 Å². The fourth-order valence-electron chi connectivity index (χ4n) is 1.96. The van der Waals surface area contributed by atoms with E-state index in [9.17, 15) is 4.79 Å². The van der Waals surface area contributed by atoms with Crippen LogP contribution >= 0.6 is 0 Å². The van der Waals surface area contributed by atoms with Crippen LogP contribution in [0.4, 0.5) is 0 Å². The Balaban J connectivity index is 2.41. The van der Waals surface area contributed by atoms with Crippen LogP contribution in [0.2, 0.25) is 0 Å². The number of methoxy groups -OCH3 is 1. The van der Waals surface area contributed by atoms with Crippen LogP contribution in [0, 0.1) is 0 Å². The zero-order valence-corrected chi connectivity index (χ0v) is 10.8. The molecule has 0 saturated heterocycles. The van der Waals surface area contributed by atoms with E-state index in [-0.39, 0.29) is 11.7 Å². The first-order valence-corrected chi connectivity index (χ1v) is 6.12. The molecular weight excluding hydrogens is 242 g/mol. The van der Waals surface area contributed by atoms with Crippen molar-refractivity contribution in [2.45, 2.75) is 12.5 Å². The van der Waals surface area contributed by atoms with Gasteiger partial charge in [-0.3, -0.25) is 4.79 Å². The molecule has 0 aliphatic rings. The van der Waals surface area contributed by atoms with Crippen molar-refractivity contribution in [1.82, 2.24) is 9.97 Å². The maximum Gasteiger partial charge on any atom is 0.251 e. The lowest BCUT2D eigenvalue weighted by molar-refractivity contribution is 0.128. The van der Waals surface area contributed by atoms with Crippen molar-refractivity contribution in [3.63, 3.8) is 0 Å². The molecular formula is C14H17N3O2. The molecule has 3 N–H and O–H groups in total. The summed E-state index contributed by atoms with van der Waals surface area (Å²) in [6, 6.07) is 11.1. The Morgan fingerprint density at radius 1 is 1.37 bits per heavy atom. The molecule has 0 amide bonds. The van der Waals surface area contributed by atoms with Gasteiger partial charge in [-0.15, -0.1) is 0 Å². The SMILES string of the molecule is COC(c1ccccc1)c1nc(CCN)cc(=O)[nH]1. The molecule has 0 aliphatic carbocycles. The lowest BCUT2D eigenvalue weighted by atomic mass is 10.1. The second-order valence-corrected chi connectivity index (χ2v) is 4.19. The third-order valence-corrected chi connectivity index (χ3v) is 2.80. The molecule has 1 aromatic carbocycles. The third kappa shape index (κ3) is 3.27. The van der Waals surface area contributed by atoms with Crippen molar-refractivity contribution >= 4 is 0 Å². The number of hydrogen-bond acceptors (Lipinski definition) is 4. The predicted molar refractivity (Wildman–Crippen MR) is 72.9 cm³/mol. The van der Waals surface area contributed by atoms with Gasteiger partial charge in [0, 0.05) is 25.3 Å². The minimum absolute atomic E-state index is 0.188. The molecule has 2 rings (SSSR count). The summed E-state index contributed by atoms with van der Waals surface area (Å²) in [5.41, 5.74) is 6.93. The van der Waals surface area contributed by atoms with Gasteiger partial charge in [0.05, 0.1) is 0 Å². The van der Waals surface area contributed by atoms with E-state index in [1.54, 1.807) is 7.11 Å². The number of benzene rings is 1. The highest BCUT2D eigenvalue weighted by atomic mass is 16.5. The molecule has 5 nitrogen and oxygen atoms in total. The molecule has 100 valence electrons. The highest BCUT2D eigenvalue weighted by Crippen LogP contribution is 2.21. The van der Waals surface area contributed by atoms with E-state index in [1.165, 1.54) is 6.07 Å². The van der Waals surface area contributed by atoms with Gasteiger partial charge in [0.2, 0.25) is 0 Å². The standard InChI is InChI=1S/C14H17N3O2/c1-19-13(10-5-3-2-4-6-10)14-16-11(7-8-15)9-12(18)17-14/h2-6,9,13H,7-8,15H2,1H3,(H,16,17,18). The van der Waals surface area contributed by atoms with Crippen molar-refractivity contribution < 1.29 is 4.74 Å². The summed E-state index contributed by atoms with van der Waals surface area (Å²) in [6.45, 7) is 0.457. The van der Waals surface area contributed by atoms with E-state index < -0.39 is 0 Å². The highest BCUT2D eigenvalue weighted by Gasteiger charge is 2.16. The number of aromatic nitrogens is 2. The maximum absolute atomic E-state index is 11.6. The van der Waals surface area contributed by atoms with Crippen molar-refractivity contribution in [3.8, 4) is 0 Å². The Hall–Kier alpha value is -1.98. The monoisotopic (exact) mass is 259 g/mol. The minimum atomic E-state index is -0.383. The molecule has 1 aromatic heterocycles. The van der Waals surface area contributed by atoms with Crippen LogP contribution < -0.4 is 11.3 Å². The highest BCUT2D eigenvalue weighted by molar-refractivity contribution is 5.23. The smallest absolute Gasteiger partial charge is 0.251 e. The molecule has 0 spiro atoms. The van der Waals surface area contributed by atoms with Crippen LogP contribution in [-0.2, 0) is 11.2 Å². The van der Waals surface area contributed by atoms with Crippen LogP contribution in [0.3, 0.4) is 0 Å². The molecule has 1 heterocycles.